The Labute approximate surface area is 103 Å². The molecule has 4 nitrogen and oxygen atoms in total. The molecular formula is C13H22N4. The number of rotatable bonds is 4. The molecule has 1 aliphatic carbocycles. The standard InChI is InChI=1S/C13H22N4/c1-10(11-6-4-5-7-11)15-12-8-9-14-13(16-12)17(2)3/h8-11H,4-7H2,1-3H3,(H,14,15,16). The van der Waals surface area contributed by atoms with Gasteiger partial charge in [-0.2, -0.15) is 4.98 Å². The van der Waals surface area contributed by atoms with Gasteiger partial charge in [-0.25, -0.2) is 4.98 Å². The van der Waals surface area contributed by atoms with Crippen LogP contribution >= 0.6 is 0 Å². The Hall–Kier alpha value is -1.32. The van der Waals surface area contributed by atoms with Crippen molar-refractivity contribution in [2.45, 2.75) is 38.6 Å². The number of hydrogen-bond acceptors (Lipinski definition) is 4. The van der Waals surface area contributed by atoms with Crippen LogP contribution in [0, 0.1) is 5.92 Å². The van der Waals surface area contributed by atoms with Gasteiger partial charge in [0.25, 0.3) is 0 Å². The molecule has 0 aromatic carbocycles. The van der Waals surface area contributed by atoms with Crippen LogP contribution in [-0.4, -0.2) is 30.1 Å². The Bertz CT molecular complexity index is 358. The van der Waals surface area contributed by atoms with E-state index in [1.54, 1.807) is 0 Å². The molecule has 94 valence electrons. The van der Waals surface area contributed by atoms with Gasteiger partial charge in [0.1, 0.15) is 5.82 Å². The maximum Gasteiger partial charge on any atom is 0.226 e. The van der Waals surface area contributed by atoms with Crippen molar-refractivity contribution in [1.82, 2.24) is 9.97 Å². The van der Waals surface area contributed by atoms with E-state index in [0.717, 1.165) is 17.7 Å². The van der Waals surface area contributed by atoms with Crippen LogP contribution in [0.25, 0.3) is 0 Å². The Morgan fingerprint density at radius 2 is 2.06 bits per heavy atom. The summed E-state index contributed by atoms with van der Waals surface area (Å²) in [5.41, 5.74) is 0. The van der Waals surface area contributed by atoms with Crippen LogP contribution in [0.3, 0.4) is 0 Å². The van der Waals surface area contributed by atoms with Crippen LogP contribution in [0.1, 0.15) is 32.6 Å². The summed E-state index contributed by atoms with van der Waals surface area (Å²) >= 11 is 0. The maximum absolute atomic E-state index is 4.49. The molecule has 2 rings (SSSR count). The molecule has 0 spiro atoms. The zero-order chi connectivity index (χ0) is 12.3. The summed E-state index contributed by atoms with van der Waals surface area (Å²) in [6.07, 6.45) is 7.26. The SMILES string of the molecule is CC(Nc1ccnc(N(C)C)n1)C1CCCC1. The predicted molar refractivity (Wildman–Crippen MR) is 71.4 cm³/mol. The molecule has 1 aromatic heterocycles. The second-order valence-electron chi connectivity index (χ2n) is 5.11. The Balaban J connectivity index is 1.99. The Morgan fingerprint density at radius 1 is 1.35 bits per heavy atom. The van der Waals surface area contributed by atoms with Crippen LogP contribution in [0.4, 0.5) is 11.8 Å². The fourth-order valence-electron chi connectivity index (χ4n) is 2.45. The van der Waals surface area contributed by atoms with Crippen molar-refractivity contribution < 1.29 is 0 Å². The normalized spacial score (nSPS) is 18.1. The van der Waals surface area contributed by atoms with E-state index in [1.165, 1.54) is 25.7 Å². The molecule has 1 N–H and O–H groups in total. The summed E-state index contributed by atoms with van der Waals surface area (Å²) in [4.78, 5) is 10.6. The molecule has 0 aliphatic heterocycles. The third-order valence-electron chi connectivity index (χ3n) is 3.53. The van der Waals surface area contributed by atoms with Gasteiger partial charge in [-0.15, -0.1) is 0 Å². The van der Waals surface area contributed by atoms with Crippen molar-refractivity contribution in [2.75, 3.05) is 24.3 Å². The van der Waals surface area contributed by atoms with Crippen molar-refractivity contribution in [2.24, 2.45) is 5.92 Å². The van der Waals surface area contributed by atoms with Gasteiger partial charge in [-0.1, -0.05) is 12.8 Å². The lowest BCUT2D eigenvalue weighted by Gasteiger charge is -2.21. The maximum atomic E-state index is 4.49. The van der Waals surface area contributed by atoms with E-state index in [2.05, 4.69) is 22.2 Å². The molecule has 17 heavy (non-hydrogen) atoms. The molecule has 1 saturated carbocycles. The largest absolute Gasteiger partial charge is 0.367 e. The highest BCUT2D eigenvalue weighted by molar-refractivity contribution is 5.41. The second kappa shape index (κ2) is 5.34. The molecule has 1 aromatic rings. The fourth-order valence-corrected chi connectivity index (χ4v) is 2.45. The molecule has 1 atom stereocenters. The van der Waals surface area contributed by atoms with Gasteiger partial charge in [0.05, 0.1) is 0 Å². The van der Waals surface area contributed by atoms with Crippen LogP contribution in [0.2, 0.25) is 0 Å². The van der Waals surface area contributed by atoms with Gasteiger partial charge in [0.2, 0.25) is 5.95 Å². The number of nitrogens with zero attached hydrogens (tertiary/aromatic N) is 3. The molecule has 0 saturated heterocycles. The number of aromatic nitrogens is 2. The molecule has 1 heterocycles. The molecule has 0 amide bonds. The molecule has 1 aliphatic rings. The van der Waals surface area contributed by atoms with Crippen molar-refractivity contribution in [1.29, 1.82) is 0 Å². The lowest BCUT2D eigenvalue weighted by Crippen LogP contribution is -2.25. The third kappa shape index (κ3) is 3.08. The Morgan fingerprint density at radius 3 is 2.71 bits per heavy atom. The first-order chi connectivity index (χ1) is 8.16. The van der Waals surface area contributed by atoms with Crippen molar-refractivity contribution in [3.8, 4) is 0 Å². The van der Waals surface area contributed by atoms with E-state index in [9.17, 15) is 0 Å². The highest BCUT2D eigenvalue weighted by atomic mass is 15.2. The van der Waals surface area contributed by atoms with Gasteiger partial charge in [-0.3, -0.25) is 0 Å². The van der Waals surface area contributed by atoms with E-state index in [0.29, 0.717) is 6.04 Å². The fraction of sp³-hybridized carbons (Fsp3) is 0.692. The van der Waals surface area contributed by atoms with Gasteiger partial charge in [-0.05, 0) is 31.7 Å². The number of nitrogens with one attached hydrogen (secondary N) is 1. The van der Waals surface area contributed by atoms with Gasteiger partial charge < -0.3 is 10.2 Å². The van der Waals surface area contributed by atoms with Gasteiger partial charge >= 0.3 is 0 Å². The molecule has 0 radical (unpaired) electrons. The minimum Gasteiger partial charge on any atom is -0.367 e. The van der Waals surface area contributed by atoms with E-state index in [-0.39, 0.29) is 0 Å². The van der Waals surface area contributed by atoms with E-state index in [4.69, 9.17) is 0 Å². The lowest BCUT2D eigenvalue weighted by molar-refractivity contribution is 0.481. The number of hydrogen-bond donors (Lipinski definition) is 1. The van der Waals surface area contributed by atoms with Crippen molar-refractivity contribution >= 4 is 11.8 Å². The van der Waals surface area contributed by atoms with Crippen molar-refractivity contribution in [3.05, 3.63) is 12.3 Å². The third-order valence-corrected chi connectivity index (χ3v) is 3.53. The zero-order valence-corrected chi connectivity index (χ0v) is 11.0. The highest BCUT2D eigenvalue weighted by Gasteiger charge is 2.21. The first-order valence-electron chi connectivity index (χ1n) is 6.43. The van der Waals surface area contributed by atoms with Crippen LogP contribution in [0.5, 0.6) is 0 Å². The minimum absolute atomic E-state index is 0.502. The van der Waals surface area contributed by atoms with Crippen LogP contribution in [-0.2, 0) is 0 Å². The summed E-state index contributed by atoms with van der Waals surface area (Å²) in [6, 6.07) is 2.45. The summed E-state index contributed by atoms with van der Waals surface area (Å²) in [5.74, 6) is 2.49. The minimum atomic E-state index is 0.502. The van der Waals surface area contributed by atoms with E-state index >= 15 is 0 Å². The molecule has 4 heteroatoms. The van der Waals surface area contributed by atoms with E-state index in [1.807, 2.05) is 31.3 Å². The average Bonchev–Trinajstić information content (AvgIpc) is 2.82. The van der Waals surface area contributed by atoms with Gasteiger partial charge in [0, 0.05) is 26.3 Å². The molecule has 0 bridgehead atoms. The molecule has 1 fully saturated rings. The topological polar surface area (TPSA) is 41.1 Å². The predicted octanol–water partition coefficient (Wildman–Crippen LogP) is 2.53. The first kappa shape index (κ1) is 12.1. The highest BCUT2D eigenvalue weighted by Crippen LogP contribution is 2.28. The molecular weight excluding hydrogens is 212 g/mol. The second-order valence-corrected chi connectivity index (χ2v) is 5.11. The zero-order valence-electron chi connectivity index (χ0n) is 11.0. The smallest absolute Gasteiger partial charge is 0.226 e. The van der Waals surface area contributed by atoms with Crippen LogP contribution < -0.4 is 10.2 Å². The quantitative estimate of drug-likeness (QED) is 0.869. The Kier molecular flexibility index (Phi) is 3.82. The molecule has 1 unspecified atom stereocenters. The summed E-state index contributed by atoms with van der Waals surface area (Å²) in [5, 5.41) is 3.50. The summed E-state index contributed by atoms with van der Waals surface area (Å²) in [6.45, 7) is 2.26. The van der Waals surface area contributed by atoms with Crippen molar-refractivity contribution in [3.63, 3.8) is 0 Å². The van der Waals surface area contributed by atoms with E-state index < -0.39 is 0 Å². The monoisotopic (exact) mass is 234 g/mol. The number of anilines is 2. The van der Waals surface area contributed by atoms with Crippen LogP contribution in [0.15, 0.2) is 12.3 Å². The summed E-state index contributed by atoms with van der Waals surface area (Å²) in [7, 11) is 3.92. The lowest BCUT2D eigenvalue weighted by atomic mass is 10.00. The van der Waals surface area contributed by atoms with Gasteiger partial charge in [0.15, 0.2) is 0 Å². The summed E-state index contributed by atoms with van der Waals surface area (Å²) < 4.78 is 0. The average molecular weight is 234 g/mol. The first-order valence-corrected chi connectivity index (χ1v) is 6.43.